The van der Waals surface area contributed by atoms with E-state index >= 15 is 0 Å². The number of imidazole rings is 1. The van der Waals surface area contributed by atoms with Gasteiger partial charge < -0.3 is 20.1 Å². The summed E-state index contributed by atoms with van der Waals surface area (Å²) in [5, 5.41) is 12.9. The Labute approximate surface area is 210 Å². The number of likely N-dealkylation sites (N-methyl/N-ethyl adjacent to an activating group) is 1. The first-order valence-electron chi connectivity index (χ1n) is 12.5. The van der Waals surface area contributed by atoms with E-state index in [9.17, 15) is 19.6 Å². The van der Waals surface area contributed by atoms with Gasteiger partial charge in [0.25, 0.3) is 5.91 Å². The van der Waals surface area contributed by atoms with Crippen LogP contribution in [0.1, 0.15) is 68.3 Å². The molecule has 0 radical (unpaired) electrons. The lowest BCUT2D eigenvalue weighted by Gasteiger charge is -2.32. The SMILES string of the molecule is CN(C(=O)c1cnc(C(C)(C)C)[nH]1)[C@@H](CC1CC1)C(=O)N1C[C@]2(C[C@H]1C#N)C(=O)Nc1ccccc12. The molecule has 0 bridgehead atoms. The molecule has 1 aromatic heterocycles. The Kier molecular flexibility index (Phi) is 5.66. The van der Waals surface area contributed by atoms with E-state index in [0.717, 1.165) is 24.1 Å². The number of amides is 3. The number of hydrogen-bond donors (Lipinski definition) is 2. The molecule has 1 aromatic carbocycles. The fourth-order valence-electron chi connectivity index (χ4n) is 5.41. The lowest BCUT2D eigenvalue weighted by Crippen LogP contribution is -2.51. The molecule has 2 fully saturated rings. The van der Waals surface area contributed by atoms with Gasteiger partial charge in [0.15, 0.2) is 0 Å². The van der Waals surface area contributed by atoms with Gasteiger partial charge in [-0.3, -0.25) is 14.4 Å². The summed E-state index contributed by atoms with van der Waals surface area (Å²) >= 11 is 0. The van der Waals surface area contributed by atoms with E-state index in [1.54, 1.807) is 7.05 Å². The molecule has 188 valence electrons. The standard InChI is InChI=1S/C27H32N6O3/c1-26(2,3)24-29-14-20(30-24)22(34)32(4)21(11-16-9-10-16)23(35)33-15-27(12-17(33)13-28)18-7-5-6-8-19(18)31-25(27)36/h5-8,14,16-17,21H,9-12,15H2,1-4H3,(H,29,30)(H,31,36)/t17-,21-,27-/m0/s1. The highest BCUT2D eigenvalue weighted by molar-refractivity contribution is 6.07. The molecular weight excluding hydrogens is 456 g/mol. The Balaban J connectivity index is 1.43. The van der Waals surface area contributed by atoms with Gasteiger partial charge in [-0.05, 0) is 24.0 Å². The van der Waals surface area contributed by atoms with Gasteiger partial charge in [0.2, 0.25) is 11.8 Å². The van der Waals surface area contributed by atoms with Crippen LogP contribution in [0.2, 0.25) is 0 Å². The fourth-order valence-corrected chi connectivity index (χ4v) is 5.41. The van der Waals surface area contributed by atoms with E-state index in [0.29, 0.717) is 23.9 Å². The molecular formula is C27H32N6O3. The first kappa shape index (κ1) is 24.0. The second-order valence-corrected chi connectivity index (χ2v) is 11.4. The van der Waals surface area contributed by atoms with Crippen LogP contribution in [0, 0.1) is 17.2 Å². The number of hydrogen-bond acceptors (Lipinski definition) is 5. The van der Waals surface area contributed by atoms with Crippen LogP contribution < -0.4 is 5.32 Å². The van der Waals surface area contributed by atoms with Crippen LogP contribution >= 0.6 is 0 Å². The second-order valence-electron chi connectivity index (χ2n) is 11.4. The van der Waals surface area contributed by atoms with Crippen LogP contribution in [-0.2, 0) is 20.4 Å². The van der Waals surface area contributed by atoms with E-state index < -0.39 is 17.5 Å². The summed E-state index contributed by atoms with van der Waals surface area (Å²) in [5.41, 5.74) is 0.673. The van der Waals surface area contributed by atoms with E-state index in [4.69, 9.17) is 0 Å². The number of aromatic nitrogens is 2. The molecule has 3 aliphatic rings. The number of fused-ring (bicyclic) bond motifs is 2. The Hall–Kier alpha value is -3.67. The largest absolute Gasteiger partial charge is 0.338 e. The van der Waals surface area contributed by atoms with Crippen LogP contribution in [0.4, 0.5) is 5.69 Å². The number of aromatic amines is 1. The average molecular weight is 489 g/mol. The molecule has 3 atom stereocenters. The molecule has 0 unspecified atom stereocenters. The van der Waals surface area contributed by atoms with Crippen LogP contribution in [0.25, 0.3) is 0 Å². The minimum Gasteiger partial charge on any atom is -0.338 e. The van der Waals surface area contributed by atoms with Gasteiger partial charge in [-0.15, -0.1) is 0 Å². The molecule has 9 nitrogen and oxygen atoms in total. The number of nitriles is 1. The van der Waals surface area contributed by atoms with Gasteiger partial charge in [0.1, 0.15) is 23.6 Å². The monoisotopic (exact) mass is 488 g/mol. The molecule has 5 rings (SSSR count). The third kappa shape index (κ3) is 3.94. The summed E-state index contributed by atoms with van der Waals surface area (Å²) in [5.74, 6) is 0.279. The number of likely N-dealkylation sites (tertiary alicyclic amines) is 1. The number of carbonyl (C=O) groups is 3. The molecule has 1 saturated carbocycles. The van der Waals surface area contributed by atoms with E-state index in [1.807, 2.05) is 45.0 Å². The third-order valence-corrected chi connectivity index (χ3v) is 7.76. The van der Waals surface area contributed by atoms with Crippen molar-refractivity contribution in [3.05, 3.63) is 47.5 Å². The summed E-state index contributed by atoms with van der Waals surface area (Å²) in [6, 6.07) is 8.22. The Morgan fingerprint density at radius 2 is 2.03 bits per heavy atom. The number of H-pyrrole nitrogens is 1. The zero-order valence-electron chi connectivity index (χ0n) is 21.2. The van der Waals surface area contributed by atoms with E-state index in [-0.39, 0.29) is 36.1 Å². The van der Waals surface area contributed by atoms with Gasteiger partial charge in [-0.25, -0.2) is 4.98 Å². The molecule has 36 heavy (non-hydrogen) atoms. The number of nitrogens with one attached hydrogen (secondary N) is 2. The molecule has 3 heterocycles. The summed E-state index contributed by atoms with van der Waals surface area (Å²) in [7, 11) is 1.63. The summed E-state index contributed by atoms with van der Waals surface area (Å²) in [6.07, 6.45) is 4.32. The lowest BCUT2D eigenvalue weighted by molar-refractivity contribution is -0.136. The van der Waals surface area contributed by atoms with Gasteiger partial charge in [-0.2, -0.15) is 5.26 Å². The fraction of sp³-hybridized carbons (Fsp3) is 0.519. The van der Waals surface area contributed by atoms with Crippen LogP contribution in [0.3, 0.4) is 0 Å². The van der Waals surface area contributed by atoms with Crippen molar-refractivity contribution in [2.24, 2.45) is 5.92 Å². The Bertz CT molecular complexity index is 1270. The summed E-state index contributed by atoms with van der Waals surface area (Å²) in [4.78, 5) is 51.0. The zero-order valence-corrected chi connectivity index (χ0v) is 21.2. The number of benzene rings is 1. The smallest absolute Gasteiger partial charge is 0.272 e. The predicted octanol–water partition coefficient (Wildman–Crippen LogP) is 2.96. The van der Waals surface area contributed by atoms with E-state index in [1.165, 1.54) is 16.0 Å². The number of para-hydroxylation sites is 1. The molecule has 1 aliphatic carbocycles. The van der Waals surface area contributed by atoms with Gasteiger partial charge in [0.05, 0.1) is 17.7 Å². The normalized spacial score (nSPS) is 23.8. The highest BCUT2D eigenvalue weighted by Gasteiger charge is 2.57. The summed E-state index contributed by atoms with van der Waals surface area (Å²) < 4.78 is 0. The topological polar surface area (TPSA) is 122 Å². The molecule has 2 N–H and O–H groups in total. The molecule has 3 amide bonds. The van der Waals surface area contributed by atoms with Crippen molar-refractivity contribution < 1.29 is 14.4 Å². The average Bonchev–Trinajstić information content (AvgIpc) is 3.27. The Morgan fingerprint density at radius 3 is 2.67 bits per heavy atom. The predicted molar refractivity (Wildman–Crippen MR) is 133 cm³/mol. The van der Waals surface area contributed by atoms with Crippen molar-refractivity contribution in [1.82, 2.24) is 19.8 Å². The van der Waals surface area contributed by atoms with Crippen molar-refractivity contribution in [2.75, 3.05) is 18.9 Å². The van der Waals surface area contributed by atoms with Gasteiger partial charge in [-0.1, -0.05) is 51.8 Å². The van der Waals surface area contributed by atoms with Crippen LogP contribution in [-0.4, -0.2) is 63.2 Å². The maximum atomic E-state index is 14.0. The maximum absolute atomic E-state index is 14.0. The molecule has 2 aliphatic heterocycles. The van der Waals surface area contributed by atoms with Crippen LogP contribution in [0.15, 0.2) is 30.5 Å². The second kappa shape index (κ2) is 8.47. The summed E-state index contributed by atoms with van der Waals surface area (Å²) in [6.45, 7) is 6.14. The quantitative estimate of drug-likeness (QED) is 0.670. The number of anilines is 1. The minimum atomic E-state index is -0.954. The molecule has 2 aromatic rings. The Morgan fingerprint density at radius 1 is 1.31 bits per heavy atom. The maximum Gasteiger partial charge on any atom is 0.272 e. The zero-order chi connectivity index (χ0) is 25.8. The third-order valence-electron chi connectivity index (χ3n) is 7.76. The van der Waals surface area contributed by atoms with Crippen molar-refractivity contribution >= 4 is 23.4 Å². The highest BCUT2D eigenvalue weighted by Crippen LogP contribution is 2.47. The number of nitrogens with zero attached hydrogens (tertiary/aromatic N) is 4. The molecule has 9 heteroatoms. The van der Waals surface area contributed by atoms with Gasteiger partial charge in [0, 0.05) is 31.1 Å². The van der Waals surface area contributed by atoms with Crippen molar-refractivity contribution in [1.29, 1.82) is 5.26 Å². The van der Waals surface area contributed by atoms with Gasteiger partial charge >= 0.3 is 0 Å². The number of carbonyl (C=O) groups excluding carboxylic acids is 3. The lowest BCUT2D eigenvalue weighted by atomic mass is 9.80. The van der Waals surface area contributed by atoms with Crippen molar-refractivity contribution in [3.63, 3.8) is 0 Å². The highest BCUT2D eigenvalue weighted by atomic mass is 16.2. The molecule has 1 saturated heterocycles. The first-order valence-corrected chi connectivity index (χ1v) is 12.5. The van der Waals surface area contributed by atoms with Crippen molar-refractivity contribution in [2.45, 2.75) is 69.4 Å². The minimum absolute atomic E-state index is 0.119. The van der Waals surface area contributed by atoms with Crippen molar-refractivity contribution in [3.8, 4) is 6.07 Å². The number of rotatable bonds is 5. The first-order chi connectivity index (χ1) is 17.0. The van der Waals surface area contributed by atoms with E-state index in [2.05, 4.69) is 21.4 Å². The van der Waals surface area contributed by atoms with Crippen LogP contribution in [0.5, 0.6) is 0 Å². The molecule has 1 spiro atoms.